The molecule has 0 radical (unpaired) electrons. The van der Waals surface area contributed by atoms with Gasteiger partial charge in [0.15, 0.2) is 0 Å². The summed E-state index contributed by atoms with van der Waals surface area (Å²) < 4.78 is 10.7. The Balaban J connectivity index is 1.42. The van der Waals surface area contributed by atoms with Crippen molar-refractivity contribution >= 4 is 6.09 Å². The van der Waals surface area contributed by atoms with E-state index in [0.717, 1.165) is 11.1 Å². The van der Waals surface area contributed by atoms with Crippen molar-refractivity contribution < 1.29 is 13.9 Å². The number of carbonyl (C=O) groups excluding carboxylic acids is 1. The summed E-state index contributed by atoms with van der Waals surface area (Å²) in [6.45, 7) is 0.607. The standard InChI is InChI=1S/C18H17N3O3/c22-18(23-13-14-7-3-1-4-8-14)19-12-11-16-20-21-17(24-16)15-9-5-2-6-10-15/h1-10H,11-13H2,(H,19,22). The van der Waals surface area contributed by atoms with E-state index in [-0.39, 0.29) is 6.61 Å². The van der Waals surface area contributed by atoms with Crippen molar-refractivity contribution in [2.24, 2.45) is 0 Å². The molecule has 0 aliphatic heterocycles. The predicted molar refractivity (Wildman–Crippen MR) is 88.1 cm³/mol. The van der Waals surface area contributed by atoms with Crippen LogP contribution in [0.25, 0.3) is 11.5 Å². The molecule has 0 aliphatic carbocycles. The van der Waals surface area contributed by atoms with Crippen LogP contribution in [0.5, 0.6) is 0 Å². The lowest BCUT2D eigenvalue weighted by Gasteiger charge is -2.05. The van der Waals surface area contributed by atoms with Gasteiger partial charge < -0.3 is 14.5 Å². The third-order valence-electron chi connectivity index (χ3n) is 3.31. The van der Waals surface area contributed by atoms with E-state index in [0.29, 0.717) is 24.7 Å². The first kappa shape index (κ1) is 15.7. The molecule has 0 fully saturated rings. The first-order valence-electron chi connectivity index (χ1n) is 7.63. The van der Waals surface area contributed by atoms with Crippen LogP contribution in [0.2, 0.25) is 0 Å². The van der Waals surface area contributed by atoms with Crippen molar-refractivity contribution in [2.75, 3.05) is 6.54 Å². The maximum atomic E-state index is 11.6. The second-order valence-electron chi connectivity index (χ2n) is 5.11. The van der Waals surface area contributed by atoms with Gasteiger partial charge >= 0.3 is 6.09 Å². The molecule has 0 saturated heterocycles. The van der Waals surface area contributed by atoms with Crippen molar-refractivity contribution in [1.29, 1.82) is 0 Å². The summed E-state index contributed by atoms with van der Waals surface area (Å²) >= 11 is 0. The van der Waals surface area contributed by atoms with Crippen LogP contribution >= 0.6 is 0 Å². The molecule has 3 aromatic rings. The van der Waals surface area contributed by atoms with E-state index in [2.05, 4.69) is 15.5 Å². The van der Waals surface area contributed by atoms with Gasteiger partial charge in [0.05, 0.1) is 0 Å². The summed E-state index contributed by atoms with van der Waals surface area (Å²) in [5.74, 6) is 0.939. The monoisotopic (exact) mass is 323 g/mol. The lowest BCUT2D eigenvalue weighted by Crippen LogP contribution is -2.26. The van der Waals surface area contributed by atoms with Gasteiger partial charge in [0.2, 0.25) is 11.8 Å². The largest absolute Gasteiger partial charge is 0.445 e. The number of benzene rings is 2. The van der Waals surface area contributed by atoms with Crippen molar-refractivity contribution in [1.82, 2.24) is 15.5 Å². The van der Waals surface area contributed by atoms with Gasteiger partial charge in [-0.15, -0.1) is 10.2 Å². The first-order valence-corrected chi connectivity index (χ1v) is 7.63. The fraction of sp³-hybridized carbons (Fsp3) is 0.167. The molecule has 0 bridgehead atoms. The van der Waals surface area contributed by atoms with Gasteiger partial charge in [-0.25, -0.2) is 4.79 Å². The lowest BCUT2D eigenvalue weighted by molar-refractivity contribution is 0.139. The Morgan fingerprint density at radius 2 is 1.71 bits per heavy atom. The van der Waals surface area contributed by atoms with Crippen LogP contribution in [0.4, 0.5) is 4.79 Å². The van der Waals surface area contributed by atoms with E-state index < -0.39 is 6.09 Å². The summed E-state index contributed by atoms with van der Waals surface area (Å²) in [5.41, 5.74) is 1.81. The maximum absolute atomic E-state index is 11.6. The highest BCUT2D eigenvalue weighted by atomic mass is 16.5. The zero-order valence-electron chi connectivity index (χ0n) is 13.0. The van der Waals surface area contributed by atoms with Crippen molar-refractivity contribution in [3.05, 3.63) is 72.1 Å². The van der Waals surface area contributed by atoms with Crippen molar-refractivity contribution in [2.45, 2.75) is 13.0 Å². The van der Waals surface area contributed by atoms with Gasteiger partial charge in [-0.1, -0.05) is 48.5 Å². The number of hydrogen-bond donors (Lipinski definition) is 1. The molecule has 1 heterocycles. The van der Waals surface area contributed by atoms with E-state index in [4.69, 9.17) is 9.15 Å². The van der Waals surface area contributed by atoms with Gasteiger partial charge in [0.25, 0.3) is 0 Å². The highest BCUT2D eigenvalue weighted by Gasteiger charge is 2.09. The van der Waals surface area contributed by atoms with Gasteiger partial charge in [-0.2, -0.15) is 0 Å². The number of nitrogens with one attached hydrogen (secondary N) is 1. The second-order valence-corrected chi connectivity index (χ2v) is 5.11. The molecule has 3 rings (SSSR count). The van der Waals surface area contributed by atoms with Crippen LogP contribution in [0, 0.1) is 0 Å². The molecular weight excluding hydrogens is 306 g/mol. The van der Waals surface area contributed by atoms with E-state index in [1.165, 1.54) is 0 Å². The summed E-state index contributed by atoms with van der Waals surface area (Å²) in [5, 5.41) is 10.6. The topological polar surface area (TPSA) is 77.3 Å². The average molecular weight is 323 g/mol. The number of hydrogen-bond acceptors (Lipinski definition) is 5. The predicted octanol–water partition coefficient (Wildman–Crippen LogP) is 3.21. The molecule has 0 aliphatic rings. The fourth-order valence-electron chi connectivity index (χ4n) is 2.10. The molecule has 0 atom stereocenters. The molecule has 0 spiro atoms. The van der Waals surface area contributed by atoms with Gasteiger partial charge in [0.1, 0.15) is 6.61 Å². The molecular formula is C18H17N3O3. The number of carbonyl (C=O) groups is 1. The summed E-state index contributed by atoms with van der Waals surface area (Å²) in [6.07, 6.45) is -0.0260. The number of rotatable bonds is 6. The molecule has 2 aromatic carbocycles. The normalized spacial score (nSPS) is 10.3. The molecule has 1 aromatic heterocycles. The minimum absolute atomic E-state index is 0.241. The van der Waals surface area contributed by atoms with Gasteiger partial charge in [-0.3, -0.25) is 0 Å². The van der Waals surface area contributed by atoms with E-state index in [9.17, 15) is 4.79 Å². The fourth-order valence-corrected chi connectivity index (χ4v) is 2.10. The molecule has 1 amide bonds. The minimum atomic E-state index is -0.471. The minimum Gasteiger partial charge on any atom is -0.445 e. The third kappa shape index (κ3) is 4.42. The smallest absolute Gasteiger partial charge is 0.407 e. The van der Waals surface area contributed by atoms with Crippen LogP contribution in [-0.4, -0.2) is 22.8 Å². The zero-order valence-corrected chi connectivity index (χ0v) is 13.0. The number of nitrogens with zero attached hydrogens (tertiary/aromatic N) is 2. The van der Waals surface area contributed by atoms with Gasteiger partial charge in [-0.05, 0) is 17.7 Å². The zero-order chi connectivity index (χ0) is 16.6. The van der Waals surface area contributed by atoms with Crippen molar-refractivity contribution in [3.63, 3.8) is 0 Å². The number of aromatic nitrogens is 2. The Bertz CT molecular complexity index is 772. The van der Waals surface area contributed by atoms with Crippen LogP contribution < -0.4 is 5.32 Å². The quantitative estimate of drug-likeness (QED) is 0.754. The van der Waals surface area contributed by atoms with E-state index in [1.807, 2.05) is 60.7 Å². The Kier molecular flexibility index (Phi) is 5.19. The number of ether oxygens (including phenoxy) is 1. The Morgan fingerprint density at radius 3 is 2.46 bits per heavy atom. The SMILES string of the molecule is O=C(NCCc1nnc(-c2ccccc2)o1)OCc1ccccc1. The van der Waals surface area contributed by atoms with Crippen LogP contribution in [0.1, 0.15) is 11.5 Å². The first-order chi connectivity index (χ1) is 11.8. The Hall–Kier alpha value is -3.15. The number of amides is 1. The summed E-state index contributed by atoms with van der Waals surface area (Å²) in [4.78, 5) is 11.6. The molecule has 0 unspecified atom stereocenters. The highest BCUT2D eigenvalue weighted by Crippen LogP contribution is 2.16. The summed E-state index contributed by atoms with van der Waals surface area (Å²) in [6, 6.07) is 19.0. The molecule has 122 valence electrons. The number of alkyl carbamates (subject to hydrolysis) is 1. The third-order valence-corrected chi connectivity index (χ3v) is 3.31. The molecule has 0 saturated carbocycles. The van der Waals surface area contributed by atoms with Gasteiger partial charge in [0, 0.05) is 18.5 Å². The molecule has 6 nitrogen and oxygen atoms in total. The van der Waals surface area contributed by atoms with Crippen LogP contribution in [-0.2, 0) is 17.8 Å². The Morgan fingerprint density at radius 1 is 1.00 bits per heavy atom. The van der Waals surface area contributed by atoms with E-state index in [1.54, 1.807) is 0 Å². The maximum Gasteiger partial charge on any atom is 0.407 e. The molecule has 1 N–H and O–H groups in total. The average Bonchev–Trinajstić information content (AvgIpc) is 3.11. The van der Waals surface area contributed by atoms with Crippen LogP contribution in [0.15, 0.2) is 65.1 Å². The second kappa shape index (κ2) is 7.92. The highest BCUT2D eigenvalue weighted by molar-refractivity contribution is 5.67. The Labute approximate surface area is 139 Å². The summed E-state index contributed by atoms with van der Waals surface area (Å²) in [7, 11) is 0. The molecule has 24 heavy (non-hydrogen) atoms. The molecule has 6 heteroatoms. The lowest BCUT2D eigenvalue weighted by atomic mass is 10.2. The van der Waals surface area contributed by atoms with Crippen LogP contribution in [0.3, 0.4) is 0 Å². The van der Waals surface area contributed by atoms with E-state index >= 15 is 0 Å². The van der Waals surface area contributed by atoms with Crippen molar-refractivity contribution in [3.8, 4) is 11.5 Å².